The molecule has 0 bridgehead atoms. The van der Waals surface area contributed by atoms with E-state index in [2.05, 4.69) is 303 Å². The second kappa shape index (κ2) is 20.0. The Hall–Kier alpha value is -10.9. The van der Waals surface area contributed by atoms with E-state index in [0.717, 1.165) is 33.1 Å². The molecule has 0 atom stereocenters. The summed E-state index contributed by atoms with van der Waals surface area (Å²) in [5.41, 5.74) is 16.7. The average molecular weight is 1050 g/mol. The number of hydrogen-bond donors (Lipinski definition) is 0. The first-order valence-electron chi connectivity index (χ1n) is 28.6. The summed E-state index contributed by atoms with van der Waals surface area (Å²) in [6.07, 6.45) is 0. The average Bonchev–Trinajstić information content (AvgIpc) is 2.96. The number of rotatable bonds is 6. The quantitative estimate of drug-likeness (QED) is 0.151. The standard InChI is InChI=1S/C42H26O.C40H26/c1-2-12-28-25-31(24-23-27(28)11-1)41-36-18-5-3-16-34(36)40(35-17-4-6-19-37(35)41)30-14-9-13-29(26-30)32-20-10-21-38-33-15-7-8-22-39(33)43-42(32)38;1-2-12-31-26-32(25-20-27(31)10-1)40-37-17-7-5-15-35(37)39(36-16-6-8-18-38(36)40)30-23-21-29(22-24-30)34-19-9-13-28-11-3-4-14-33(28)34/h1-26H;1-26H. The number of furan rings is 1. The van der Waals surface area contributed by atoms with Crippen molar-refractivity contribution in [2.24, 2.45) is 0 Å². The van der Waals surface area contributed by atoms with Crippen molar-refractivity contribution in [1.29, 1.82) is 0 Å². The van der Waals surface area contributed by atoms with Crippen LogP contribution >= 0.6 is 0 Å². The van der Waals surface area contributed by atoms with E-state index >= 15 is 0 Å². The molecular weight excluding hydrogens is 1000 g/mol. The van der Waals surface area contributed by atoms with Crippen LogP contribution in [0, 0.1) is 0 Å². The van der Waals surface area contributed by atoms with Gasteiger partial charge in [0, 0.05) is 16.3 Å². The fourth-order valence-corrected chi connectivity index (χ4v) is 13.3. The largest absolute Gasteiger partial charge is 0.455 e. The van der Waals surface area contributed by atoms with Crippen LogP contribution in [0.3, 0.4) is 0 Å². The van der Waals surface area contributed by atoms with Gasteiger partial charge in [-0.15, -0.1) is 0 Å². The van der Waals surface area contributed by atoms with Crippen LogP contribution in [0.5, 0.6) is 0 Å². The van der Waals surface area contributed by atoms with E-state index < -0.39 is 0 Å². The summed E-state index contributed by atoms with van der Waals surface area (Å²) in [5.74, 6) is 0. The Morgan fingerprint density at radius 3 is 1.04 bits per heavy atom. The van der Waals surface area contributed by atoms with Crippen molar-refractivity contribution in [3.8, 4) is 66.8 Å². The molecule has 0 N–H and O–H groups in total. The van der Waals surface area contributed by atoms with Gasteiger partial charge in [-0.05, 0) is 161 Å². The van der Waals surface area contributed by atoms with Crippen molar-refractivity contribution in [1.82, 2.24) is 0 Å². The molecule has 0 fully saturated rings. The molecule has 0 amide bonds. The topological polar surface area (TPSA) is 13.1 Å². The maximum absolute atomic E-state index is 6.42. The molecule has 1 aromatic heterocycles. The van der Waals surface area contributed by atoms with Crippen molar-refractivity contribution in [2.45, 2.75) is 0 Å². The molecule has 1 heterocycles. The van der Waals surface area contributed by atoms with Gasteiger partial charge in [-0.1, -0.05) is 291 Å². The van der Waals surface area contributed by atoms with Gasteiger partial charge in [-0.3, -0.25) is 0 Å². The first kappa shape index (κ1) is 48.1. The SMILES string of the molecule is c1cc(-c2c3ccccc3c(-c3ccc4ccccc4c3)c3ccccc23)cc(-c2cccc3c2oc2ccccc23)c1.c1ccc2cc(-c3c4ccccc4c(-c4ccc(-c5cccc6ccccc56)cc4)c4ccccc34)ccc2c1. The minimum absolute atomic E-state index is 0.919. The van der Waals surface area contributed by atoms with E-state index in [-0.39, 0.29) is 0 Å². The van der Waals surface area contributed by atoms with Crippen molar-refractivity contribution in [3.63, 3.8) is 0 Å². The van der Waals surface area contributed by atoms with Gasteiger partial charge in [-0.2, -0.15) is 0 Å². The maximum Gasteiger partial charge on any atom is 0.143 e. The van der Waals surface area contributed by atoms with E-state index in [1.807, 2.05) is 12.1 Å². The molecule has 0 saturated carbocycles. The van der Waals surface area contributed by atoms with Gasteiger partial charge in [0.05, 0.1) is 0 Å². The monoisotopic (exact) mass is 1050 g/mol. The van der Waals surface area contributed by atoms with Crippen LogP contribution in [0.25, 0.3) is 164 Å². The normalized spacial score (nSPS) is 11.6. The summed E-state index contributed by atoms with van der Waals surface area (Å²) in [6.45, 7) is 0. The van der Waals surface area contributed by atoms with Gasteiger partial charge in [0.25, 0.3) is 0 Å². The Labute approximate surface area is 481 Å². The van der Waals surface area contributed by atoms with E-state index in [9.17, 15) is 0 Å². The third-order valence-corrected chi connectivity index (χ3v) is 17.1. The van der Waals surface area contributed by atoms with Gasteiger partial charge < -0.3 is 4.42 Å². The van der Waals surface area contributed by atoms with E-state index in [1.54, 1.807) is 0 Å². The summed E-state index contributed by atoms with van der Waals surface area (Å²) in [4.78, 5) is 0. The Bertz CT molecular complexity index is 5270. The molecule has 0 radical (unpaired) electrons. The second-order valence-electron chi connectivity index (χ2n) is 21.8. The number of fused-ring (bicyclic) bond motifs is 10. The zero-order valence-corrected chi connectivity index (χ0v) is 45.4. The zero-order valence-electron chi connectivity index (χ0n) is 45.4. The molecule has 16 aromatic carbocycles. The van der Waals surface area contributed by atoms with Gasteiger partial charge in [0.2, 0.25) is 0 Å². The van der Waals surface area contributed by atoms with Gasteiger partial charge in [-0.25, -0.2) is 0 Å². The molecule has 0 aliphatic rings. The van der Waals surface area contributed by atoms with Gasteiger partial charge in [0.1, 0.15) is 11.2 Å². The highest BCUT2D eigenvalue weighted by Crippen LogP contribution is 2.47. The Kier molecular flexibility index (Phi) is 11.6. The molecule has 0 spiro atoms. The number of hydrogen-bond acceptors (Lipinski definition) is 1. The molecule has 386 valence electrons. The van der Waals surface area contributed by atoms with Crippen molar-refractivity contribution < 1.29 is 4.42 Å². The van der Waals surface area contributed by atoms with Crippen LogP contribution in [-0.4, -0.2) is 0 Å². The minimum Gasteiger partial charge on any atom is -0.455 e. The smallest absolute Gasteiger partial charge is 0.143 e. The zero-order chi connectivity index (χ0) is 54.8. The lowest BCUT2D eigenvalue weighted by atomic mass is 9.85. The van der Waals surface area contributed by atoms with Crippen LogP contribution < -0.4 is 0 Å². The molecule has 0 aliphatic heterocycles. The van der Waals surface area contributed by atoms with E-state index in [4.69, 9.17) is 4.42 Å². The van der Waals surface area contributed by atoms with E-state index in [1.165, 1.54) is 131 Å². The predicted octanol–water partition coefficient (Wildman–Crippen LogP) is 23.3. The summed E-state index contributed by atoms with van der Waals surface area (Å²) in [6, 6.07) is 114. The lowest BCUT2D eigenvalue weighted by molar-refractivity contribution is 0.670. The maximum atomic E-state index is 6.42. The van der Waals surface area contributed by atoms with Crippen molar-refractivity contribution in [2.75, 3.05) is 0 Å². The molecule has 0 saturated heterocycles. The summed E-state index contributed by atoms with van der Waals surface area (Å²) in [7, 11) is 0. The predicted molar refractivity (Wildman–Crippen MR) is 355 cm³/mol. The lowest BCUT2D eigenvalue weighted by Crippen LogP contribution is -1.91. The molecule has 83 heavy (non-hydrogen) atoms. The third kappa shape index (κ3) is 8.24. The molecular formula is C82H52O. The highest BCUT2D eigenvalue weighted by Gasteiger charge is 2.20. The molecule has 1 heteroatoms. The lowest BCUT2D eigenvalue weighted by Gasteiger charge is -2.18. The van der Waals surface area contributed by atoms with Crippen molar-refractivity contribution >= 4 is 97.3 Å². The fourth-order valence-electron chi connectivity index (χ4n) is 13.3. The molecule has 17 rings (SSSR count). The summed E-state index contributed by atoms with van der Waals surface area (Å²) in [5, 5.41) is 20.0. The van der Waals surface area contributed by atoms with Crippen molar-refractivity contribution in [3.05, 3.63) is 315 Å². The summed E-state index contributed by atoms with van der Waals surface area (Å²) >= 11 is 0. The van der Waals surface area contributed by atoms with Crippen LogP contribution in [-0.2, 0) is 0 Å². The van der Waals surface area contributed by atoms with Crippen LogP contribution in [0.15, 0.2) is 320 Å². The fraction of sp³-hybridized carbons (Fsp3) is 0. The highest BCUT2D eigenvalue weighted by molar-refractivity contribution is 6.23. The number of para-hydroxylation sites is 2. The first-order chi connectivity index (χ1) is 41.2. The highest BCUT2D eigenvalue weighted by atomic mass is 16.3. The van der Waals surface area contributed by atoms with Crippen LogP contribution in [0.4, 0.5) is 0 Å². The molecule has 17 aromatic rings. The molecule has 0 unspecified atom stereocenters. The molecule has 0 aliphatic carbocycles. The van der Waals surface area contributed by atoms with Gasteiger partial charge >= 0.3 is 0 Å². The Morgan fingerprint density at radius 1 is 0.169 bits per heavy atom. The summed E-state index contributed by atoms with van der Waals surface area (Å²) < 4.78 is 6.42. The van der Waals surface area contributed by atoms with Crippen LogP contribution in [0.2, 0.25) is 0 Å². The second-order valence-corrected chi connectivity index (χ2v) is 21.8. The van der Waals surface area contributed by atoms with Gasteiger partial charge in [0.15, 0.2) is 0 Å². The minimum atomic E-state index is 0.919. The molecule has 1 nitrogen and oxygen atoms in total. The Balaban J connectivity index is 0.000000137. The first-order valence-corrected chi connectivity index (χ1v) is 28.6. The Morgan fingerprint density at radius 2 is 0.506 bits per heavy atom. The van der Waals surface area contributed by atoms with Crippen LogP contribution in [0.1, 0.15) is 0 Å². The number of benzene rings is 16. The third-order valence-electron chi connectivity index (χ3n) is 17.1. The van der Waals surface area contributed by atoms with E-state index in [0.29, 0.717) is 0 Å².